The van der Waals surface area contributed by atoms with E-state index in [1.165, 1.54) is 16.8 Å². The van der Waals surface area contributed by atoms with Crippen LogP contribution in [0.15, 0.2) is 30.6 Å². The van der Waals surface area contributed by atoms with Crippen LogP contribution in [-0.2, 0) is 6.42 Å². The molecule has 0 aliphatic heterocycles. The van der Waals surface area contributed by atoms with Gasteiger partial charge in [0.1, 0.15) is 0 Å². The van der Waals surface area contributed by atoms with Crippen LogP contribution >= 0.6 is 0 Å². The second-order valence-corrected chi connectivity index (χ2v) is 4.86. The molecule has 0 bridgehead atoms. The summed E-state index contributed by atoms with van der Waals surface area (Å²) in [5, 5.41) is 3.16. The van der Waals surface area contributed by atoms with E-state index in [2.05, 4.69) is 53.4 Å². The van der Waals surface area contributed by atoms with Crippen LogP contribution in [0.25, 0.3) is 11.3 Å². The van der Waals surface area contributed by atoms with Crippen molar-refractivity contribution < 1.29 is 0 Å². The van der Waals surface area contributed by atoms with E-state index in [-0.39, 0.29) is 0 Å². The Morgan fingerprint density at radius 3 is 2.56 bits per heavy atom. The molecule has 3 heteroatoms. The van der Waals surface area contributed by atoms with Gasteiger partial charge >= 0.3 is 0 Å². The van der Waals surface area contributed by atoms with Crippen molar-refractivity contribution in [1.82, 2.24) is 15.3 Å². The maximum absolute atomic E-state index is 4.43. The molecule has 3 nitrogen and oxygen atoms in total. The fourth-order valence-electron chi connectivity index (χ4n) is 2.04. The molecule has 0 radical (unpaired) electrons. The molecule has 0 aliphatic rings. The smallest absolute Gasteiger partial charge is 0.0929 e. The largest absolute Gasteiger partial charge is 0.348 e. The van der Waals surface area contributed by atoms with Crippen LogP contribution in [0.3, 0.4) is 0 Å². The number of nitrogens with one attached hydrogen (secondary N) is 2. The molecular weight excluding hydrogens is 222 g/mol. The maximum Gasteiger partial charge on any atom is 0.0929 e. The minimum Gasteiger partial charge on any atom is -0.348 e. The first kappa shape index (κ1) is 12.8. The van der Waals surface area contributed by atoms with Crippen LogP contribution < -0.4 is 5.32 Å². The molecule has 0 atom stereocenters. The predicted octanol–water partition coefficient (Wildman–Crippen LogP) is 2.96. The summed E-state index contributed by atoms with van der Waals surface area (Å²) >= 11 is 0. The van der Waals surface area contributed by atoms with Gasteiger partial charge in [-0.25, -0.2) is 4.98 Å². The van der Waals surface area contributed by atoms with Crippen molar-refractivity contribution >= 4 is 0 Å². The highest BCUT2D eigenvalue weighted by Gasteiger charge is 2.08. The van der Waals surface area contributed by atoms with Crippen LogP contribution in [0.2, 0.25) is 0 Å². The molecule has 0 spiro atoms. The molecule has 18 heavy (non-hydrogen) atoms. The molecule has 0 saturated heterocycles. The summed E-state index contributed by atoms with van der Waals surface area (Å²) in [4.78, 5) is 7.66. The van der Waals surface area contributed by atoms with Crippen LogP contribution in [0.4, 0.5) is 0 Å². The van der Waals surface area contributed by atoms with Gasteiger partial charge in [0.05, 0.1) is 12.0 Å². The summed E-state index contributed by atoms with van der Waals surface area (Å²) in [5.41, 5.74) is 4.82. The first-order valence-electron chi connectivity index (χ1n) is 6.49. The number of rotatable bonds is 5. The van der Waals surface area contributed by atoms with Crippen molar-refractivity contribution in [3.8, 4) is 11.3 Å². The van der Waals surface area contributed by atoms with Crippen molar-refractivity contribution in [2.75, 3.05) is 13.6 Å². The quantitative estimate of drug-likeness (QED) is 0.847. The van der Waals surface area contributed by atoms with Crippen LogP contribution in [0, 0.1) is 0 Å². The van der Waals surface area contributed by atoms with Crippen molar-refractivity contribution in [1.29, 1.82) is 0 Å². The van der Waals surface area contributed by atoms with Gasteiger partial charge in [-0.2, -0.15) is 0 Å². The van der Waals surface area contributed by atoms with Crippen LogP contribution in [0.5, 0.6) is 0 Å². The zero-order chi connectivity index (χ0) is 13.0. The van der Waals surface area contributed by atoms with Crippen molar-refractivity contribution in [3.63, 3.8) is 0 Å². The van der Waals surface area contributed by atoms with Crippen molar-refractivity contribution in [2.45, 2.75) is 26.2 Å². The molecule has 0 amide bonds. The zero-order valence-corrected chi connectivity index (χ0v) is 11.3. The number of hydrogen-bond acceptors (Lipinski definition) is 2. The molecule has 1 heterocycles. The Kier molecular flexibility index (Phi) is 4.15. The van der Waals surface area contributed by atoms with E-state index in [4.69, 9.17) is 0 Å². The highest BCUT2D eigenvalue weighted by atomic mass is 14.9. The Morgan fingerprint density at radius 1 is 1.22 bits per heavy atom. The molecular formula is C15H21N3. The molecule has 1 aromatic heterocycles. The van der Waals surface area contributed by atoms with Gasteiger partial charge in [-0.1, -0.05) is 38.1 Å². The third kappa shape index (κ3) is 2.79. The molecule has 0 saturated carbocycles. The van der Waals surface area contributed by atoms with E-state index >= 15 is 0 Å². The van der Waals surface area contributed by atoms with Gasteiger partial charge in [-0.05, 0) is 18.5 Å². The minimum atomic E-state index is 0.571. The van der Waals surface area contributed by atoms with Crippen LogP contribution in [-0.4, -0.2) is 23.6 Å². The Balaban J connectivity index is 2.23. The standard InChI is InChI=1S/C15H21N3/c1-11(2)12-4-6-13(7-5-12)15-14(8-9-16-3)17-10-18-15/h4-7,10-11,16H,8-9H2,1-3H3,(H,17,18). The van der Waals surface area contributed by atoms with E-state index in [9.17, 15) is 0 Å². The highest BCUT2D eigenvalue weighted by molar-refractivity contribution is 5.62. The van der Waals surface area contributed by atoms with Gasteiger partial charge in [0.25, 0.3) is 0 Å². The number of H-pyrrole nitrogens is 1. The Bertz CT molecular complexity index is 483. The Labute approximate surface area is 109 Å². The number of likely N-dealkylation sites (N-methyl/N-ethyl adjacent to an activating group) is 1. The lowest BCUT2D eigenvalue weighted by molar-refractivity contribution is 0.781. The fraction of sp³-hybridized carbons (Fsp3) is 0.400. The maximum atomic E-state index is 4.43. The number of benzene rings is 1. The molecule has 2 aromatic rings. The van der Waals surface area contributed by atoms with E-state index in [1.807, 2.05) is 7.05 Å². The molecule has 1 aromatic carbocycles. The fourth-order valence-corrected chi connectivity index (χ4v) is 2.04. The third-order valence-electron chi connectivity index (χ3n) is 3.19. The zero-order valence-electron chi connectivity index (χ0n) is 11.3. The topological polar surface area (TPSA) is 40.7 Å². The van der Waals surface area contributed by atoms with Gasteiger partial charge < -0.3 is 10.3 Å². The monoisotopic (exact) mass is 243 g/mol. The number of aromatic amines is 1. The number of nitrogens with zero attached hydrogens (tertiary/aromatic N) is 1. The average molecular weight is 243 g/mol. The summed E-state index contributed by atoms with van der Waals surface area (Å²) in [6, 6.07) is 8.70. The molecule has 2 rings (SSSR count). The minimum absolute atomic E-state index is 0.571. The first-order valence-corrected chi connectivity index (χ1v) is 6.49. The summed E-state index contributed by atoms with van der Waals surface area (Å²) < 4.78 is 0. The van der Waals surface area contributed by atoms with Crippen molar-refractivity contribution in [2.24, 2.45) is 0 Å². The number of aromatic nitrogens is 2. The summed E-state index contributed by atoms with van der Waals surface area (Å²) in [5.74, 6) is 0.571. The van der Waals surface area contributed by atoms with E-state index in [0.29, 0.717) is 5.92 Å². The highest BCUT2D eigenvalue weighted by Crippen LogP contribution is 2.23. The second kappa shape index (κ2) is 5.83. The average Bonchev–Trinajstić information content (AvgIpc) is 2.84. The van der Waals surface area contributed by atoms with Gasteiger partial charge in [0.15, 0.2) is 0 Å². The number of hydrogen-bond donors (Lipinski definition) is 2. The molecule has 96 valence electrons. The lowest BCUT2D eigenvalue weighted by Gasteiger charge is -2.07. The van der Waals surface area contributed by atoms with Gasteiger partial charge in [-0.15, -0.1) is 0 Å². The Morgan fingerprint density at radius 2 is 1.94 bits per heavy atom. The van der Waals surface area contributed by atoms with Crippen LogP contribution in [0.1, 0.15) is 31.0 Å². The first-order chi connectivity index (χ1) is 8.72. The van der Waals surface area contributed by atoms with E-state index < -0.39 is 0 Å². The normalized spacial score (nSPS) is 11.1. The number of imidazole rings is 1. The lowest BCUT2D eigenvalue weighted by atomic mass is 10.00. The van der Waals surface area contributed by atoms with E-state index in [0.717, 1.165) is 18.7 Å². The summed E-state index contributed by atoms with van der Waals surface area (Å²) in [6.45, 7) is 5.38. The van der Waals surface area contributed by atoms with Gasteiger partial charge in [0.2, 0.25) is 0 Å². The summed E-state index contributed by atoms with van der Waals surface area (Å²) in [6.07, 6.45) is 2.74. The lowest BCUT2D eigenvalue weighted by Crippen LogP contribution is -2.11. The Hall–Kier alpha value is -1.61. The molecule has 2 N–H and O–H groups in total. The second-order valence-electron chi connectivity index (χ2n) is 4.86. The van der Waals surface area contributed by atoms with Gasteiger partial charge in [-0.3, -0.25) is 0 Å². The van der Waals surface area contributed by atoms with Gasteiger partial charge in [0, 0.05) is 24.2 Å². The molecule has 0 aliphatic carbocycles. The third-order valence-corrected chi connectivity index (χ3v) is 3.19. The summed E-state index contributed by atoms with van der Waals surface area (Å²) in [7, 11) is 1.97. The van der Waals surface area contributed by atoms with Crippen molar-refractivity contribution in [3.05, 3.63) is 41.9 Å². The van der Waals surface area contributed by atoms with E-state index in [1.54, 1.807) is 6.33 Å². The molecule has 0 fully saturated rings. The SMILES string of the molecule is CNCCc1[nH]cnc1-c1ccc(C(C)C)cc1. The molecule has 0 unspecified atom stereocenters. The predicted molar refractivity (Wildman–Crippen MR) is 75.7 cm³/mol.